The minimum absolute atomic E-state index is 0. The number of hydrogen-bond donors (Lipinski definition) is 2. The molecule has 24 heavy (non-hydrogen) atoms. The van der Waals surface area contributed by atoms with Crippen LogP contribution in [0.1, 0.15) is 52.9 Å². The third-order valence-corrected chi connectivity index (χ3v) is 7.03. The molecule has 2 N–H and O–H groups in total. The van der Waals surface area contributed by atoms with Gasteiger partial charge in [0.05, 0.1) is 11.5 Å². The summed E-state index contributed by atoms with van der Waals surface area (Å²) in [5.41, 5.74) is 0.503. The molecule has 0 amide bonds. The normalized spacial score (nSPS) is 26.6. The first-order valence-electron chi connectivity index (χ1n) is 9.02. The smallest absolute Gasteiger partial charge is 0.191 e. The van der Waals surface area contributed by atoms with Crippen molar-refractivity contribution in [2.24, 2.45) is 22.2 Å². The van der Waals surface area contributed by atoms with E-state index in [1.165, 1.54) is 25.7 Å². The maximum absolute atomic E-state index is 11.5. The van der Waals surface area contributed by atoms with Crippen LogP contribution in [0, 0.1) is 17.3 Å². The Bertz CT molecular complexity index is 510. The van der Waals surface area contributed by atoms with Gasteiger partial charge in [-0.15, -0.1) is 24.0 Å². The van der Waals surface area contributed by atoms with E-state index in [-0.39, 0.29) is 29.9 Å². The molecule has 1 saturated carbocycles. The van der Waals surface area contributed by atoms with Gasteiger partial charge in [-0.1, -0.05) is 13.8 Å². The molecule has 1 aliphatic carbocycles. The van der Waals surface area contributed by atoms with E-state index in [1.54, 1.807) is 0 Å². The van der Waals surface area contributed by atoms with Crippen LogP contribution < -0.4 is 10.6 Å². The Morgan fingerprint density at radius 3 is 2.33 bits per heavy atom. The van der Waals surface area contributed by atoms with E-state index in [0.717, 1.165) is 31.4 Å². The highest BCUT2D eigenvalue weighted by molar-refractivity contribution is 14.0. The van der Waals surface area contributed by atoms with Gasteiger partial charge in [-0.25, -0.2) is 8.42 Å². The number of rotatable bonds is 5. The predicted octanol–water partition coefficient (Wildman–Crippen LogP) is 2.81. The summed E-state index contributed by atoms with van der Waals surface area (Å²) < 4.78 is 23.0. The lowest BCUT2D eigenvalue weighted by atomic mass is 9.73. The van der Waals surface area contributed by atoms with Crippen molar-refractivity contribution in [3.63, 3.8) is 0 Å². The Hall–Kier alpha value is -0.0500. The van der Waals surface area contributed by atoms with Crippen LogP contribution in [0.2, 0.25) is 0 Å². The van der Waals surface area contributed by atoms with Crippen LogP contribution in [0.15, 0.2) is 4.99 Å². The summed E-state index contributed by atoms with van der Waals surface area (Å²) in [4.78, 5) is 4.60. The zero-order valence-corrected chi connectivity index (χ0v) is 18.5. The summed E-state index contributed by atoms with van der Waals surface area (Å²) in [7, 11) is -2.81. The van der Waals surface area contributed by atoms with Crippen molar-refractivity contribution < 1.29 is 8.42 Å². The highest BCUT2D eigenvalue weighted by Crippen LogP contribution is 2.37. The zero-order chi connectivity index (χ0) is 16.9. The topological polar surface area (TPSA) is 70.6 Å². The minimum atomic E-state index is -2.81. The lowest BCUT2D eigenvalue weighted by molar-refractivity contribution is 0.192. The first-order chi connectivity index (χ1) is 10.8. The standard InChI is InChI=1S/C17H33N3O2S.HI/c1-4-18-16(20-12-15-7-10-23(21,22)13-15)19-11-14-5-8-17(2,3)9-6-14;/h14-15H,4-13H2,1-3H3,(H2,18,19,20);1H. The first kappa shape index (κ1) is 22.0. The second-order valence-corrected chi connectivity index (χ2v) is 10.2. The van der Waals surface area contributed by atoms with E-state index in [1.807, 2.05) is 0 Å². The Morgan fingerprint density at radius 2 is 1.79 bits per heavy atom. The van der Waals surface area contributed by atoms with Crippen LogP contribution in [0.5, 0.6) is 0 Å². The molecular formula is C17H34IN3O2S. The van der Waals surface area contributed by atoms with Gasteiger partial charge >= 0.3 is 0 Å². The zero-order valence-electron chi connectivity index (χ0n) is 15.3. The summed E-state index contributed by atoms with van der Waals surface area (Å²) in [6.07, 6.45) is 5.91. The molecule has 0 aromatic carbocycles. The highest BCUT2D eigenvalue weighted by Gasteiger charge is 2.28. The molecule has 0 aromatic heterocycles. The van der Waals surface area contributed by atoms with Crippen molar-refractivity contribution in [3.8, 4) is 0 Å². The molecule has 1 heterocycles. The van der Waals surface area contributed by atoms with E-state index in [2.05, 4.69) is 36.4 Å². The molecule has 2 fully saturated rings. The Labute approximate surface area is 164 Å². The van der Waals surface area contributed by atoms with Gasteiger partial charge in [0.1, 0.15) is 0 Å². The second kappa shape index (κ2) is 9.59. The molecule has 0 spiro atoms. The molecular weight excluding hydrogens is 437 g/mol. The third kappa shape index (κ3) is 7.45. The second-order valence-electron chi connectivity index (χ2n) is 7.98. The van der Waals surface area contributed by atoms with E-state index in [9.17, 15) is 8.42 Å². The van der Waals surface area contributed by atoms with E-state index in [0.29, 0.717) is 23.5 Å². The maximum atomic E-state index is 11.5. The molecule has 5 nitrogen and oxygen atoms in total. The monoisotopic (exact) mass is 471 g/mol. The molecule has 1 aliphatic heterocycles. The summed E-state index contributed by atoms with van der Waals surface area (Å²) in [6, 6.07) is 0. The van der Waals surface area contributed by atoms with Gasteiger partial charge in [0.25, 0.3) is 0 Å². The van der Waals surface area contributed by atoms with Crippen LogP contribution in [-0.2, 0) is 9.84 Å². The predicted molar refractivity (Wildman–Crippen MR) is 112 cm³/mol. The number of sulfone groups is 1. The van der Waals surface area contributed by atoms with Crippen molar-refractivity contribution in [2.45, 2.75) is 52.9 Å². The molecule has 0 radical (unpaired) electrons. The van der Waals surface area contributed by atoms with Crippen LogP contribution in [-0.4, -0.2) is 45.5 Å². The Kier molecular flexibility index (Phi) is 8.79. The number of halogens is 1. The first-order valence-corrected chi connectivity index (χ1v) is 10.8. The van der Waals surface area contributed by atoms with Crippen LogP contribution in [0.3, 0.4) is 0 Å². The molecule has 2 rings (SSSR count). The molecule has 1 unspecified atom stereocenters. The number of nitrogens with zero attached hydrogens (tertiary/aromatic N) is 1. The van der Waals surface area contributed by atoms with Crippen LogP contribution in [0.4, 0.5) is 0 Å². The minimum Gasteiger partial charge on any atom is -0.357 e. The average Bonchev–Trinajstić information content (AvgIpc) is 2.82. The van der Waals surface area contributed by atoms with Crippen molar-refractivity contribution in [1.29, 1.82) is 0 Å². The van der Waals surface area contributed by atoms with Gasteiger partial charge in [-0.3, -0.25) is 4.99 Å². The van der Waals surface area contributed by atoms with Crippen LogP contribution in [0.25, 0.3) is 0 Å². The van der Waals surface area contributed by atoms with Crippen molar-refractivity contribution in [3.05, 3.63) is 0 Å². The fraction of sp³-hybridized carbons (Fsp3) is 0.941. The maximum Gasteiger partial charge on any atom is 0.191 e. The quantitative estimate of drug-likeness (QED) is 0.368. The van der Waals surface area contributed by atoms with Crippen molar-refractivity contribution in [2.75, 3.05) is 31.1 Å². The molecule has 2 aliphatic rings. The fourth-order valence-corrected chi connectivity index (χ4v) is 5.33. The molecule has 7 heteroatoms. The summed E-state index contributed by atoms with van der Waals surface area (Å²) >= 11 is 0. The molecule has 0 bridgehead atoms. The number of nitrogens with one attached hydrogen (secondary N) is 2. The lowest BCUT2D eigenvalue weighted by Crippen LogP contribution is -2.41. The average molecular weight is 471 g/mol. The molecule has 1 atom stereocenters. The number of guanidine groups is 1. The van der Waals surface area contributed by atoms with E-state index in [4.69, 9.17) is 0 Å². The van der Waals surface area contributed by atoms with Crippen molar-refractivity contribution in [1.82, 2.24) is 10.6 Å². The number of aliphatic imine (C=N–C) groups is 1. The van der Waals surface area contributed by atoms with E-state index >= 15 is 0 Å². The summed E-state index contributed by atoms with van der Waals surface area (Å²) in [5, 5.41) is 6.72. The Morgan fingerprint density at radius 1 is 1.12 bits per heavy atom. The Balaban J connectivity index is 0.00000288. The van der Waals surface area contributed by atoms with Crippen LogP contribution >= 0.6 is 24.0 Å². The molecule has 1 saturated heterocycles. The van der Waals surface area contributed by atoms with E-state index < -0.39 is 9.84 Å². The molecule has 0 aromatic rings. The number of hydrogen-bond acceptors (Lipinski definition) is 3. The van der Waals surface area contributed by atoms with Gasteiger partial charge in [0.2, 0.25) is 0 Å². The highest BCUT2D eigenvalue weighted by atomic mass is 127. The van der Waals surface area contributed by atoms with Gasteiger partial charge in [-0.05, 0) is 56.3 Å². The fourth-order valence-electron chi connectivity index (χ4n) is 3.48. The van der Waals surface area contributed by atoms with Gasteiger partial charge in [0, 0.05) is 19.6 Å². The van der Waals surface area contributed by atoms with Crippen molar-refractivity contribution >= 4 is 39.8 Å². The van der Waals surface area contributed by atoms with Gasteiger partial charge in [0.15, 0.2) is 15.8 Å². The SMILES string of the molecule is CCNC(=NCC1CCS(=O)(=O)C1)NCC1CCC(C)(C)CC1.I. The lowest BCUT2D eigenvalue weighted by Gasteiger charge is -2.34. The summed E-state index contributed by atoms with van der Waals surface area (Å²) in [6.45, 7) is 9.17. The van der Waals surface area contributed by atoms with Gasteiger partial charge in [-0.2, -0.15) is 0 Å². The molecule has 142 valence electrons. The largest absolute Gasteiger partial charge is 0.357 e. The third-order valence-electron chi connectivity index (χ3n) is 5.20. The van der Waals surface area contributed by atoms with Gasteiger partial charge < -0.3 is 10.6 Å². The summed E-state index contributed by atoms with van der Waals surface area (Å²) in [5.74, 6) is 2.37.